The third-order valence-corrected chi connectivity index (χ3v) is 6.34. The first-order valence-corrected chi connectivity index (χ1v) is 11.7. The fourth-order valence-corrected chi connectivity index (χ4v) is 4.55. The predicted octanol–water partition coefficient (Wildman–Crippen LogP) is 2.95. The Bertz CT molecular complexity index is 1200. The highest BCUT2D eigenvalue weighted by Gasteiger charge is 2.23. The lowest BCUT2D eigenvalue weighted by Crippen LogP contribution is -2.25. The first-order chi connectivity index (χ1) is 16.7. The van der Waals surface area contributed by atoms with E-state index < -0.39 is 18.0 Å². The Labute approximate surface area is 204 Å². The quantitative estimate of drug-likeness (QED) is 0.405. The van der Waals surface area contributed by atoms with Crippen molar-refractivity contribution in [2.24, 2.45) is 13.0 Å². The van der Waals surface area contributed by atoms with Crippen LogP contribution >= 0.6 is 0 Å². The number of aryl methyl sites for hydroxylation is 3. The summed E-state index contributed by atoms with van der Waals surface area (Å²) in [6, 6.07) is 7.76. The van der Waals surface area contributed by atoms with Crippen LogP contribution in [0.25, 0.3) is 22.4 Å². The van der Waals surface area contributed by atoms with E-state index in [0.717, 1.165) is 28.0 Å². The molecule has 2 heterocycles. The minimum Gasteiger partial charge on any atom is -0.481 e. The van der Waals surface area contributed by atoms with Crippen molar-refractivity contribution < 1.29 is 24.5 Å². The van der Waals surface area contributed by atoms with Crippen molar-refractivity contribution >= 4 is 17.0 Å². The van der Waals surface area contributed by atoms with E-state index in [1.54, 1.807) is 39.0 Å². The second-order valence-corrected chi connectivity index (χ2v) is 9.10. The van der Waals surface area contributed by atoms with Gasteiger partial charge >= 0.3 is 5.97 Å². The predicted molar refractivity (Wildman–Crippen MR) is 134 cm³/mol. The zero-order valence-corrected chi connectivity index (χ0v) is 21.0. The molecule has 0 aliphatic carbocycles. The molecular weight excluding hydrogens is 450 g/mol. The Hall–Kier alpha value is -3.01. The van der Waals surface area contributed by atoms with E-state index in [9.17, 15) is 19.8 Å². The number of nitrogens with zero attached hydrogens (tertiary/aromatic N) is 3. The minimum atomic E-state index is -0.978. The highest BCUT2D eigenvalue weighted by Crippen LogP contribution is 2.30. The summed E-state index contributed by atoms with van der Waals surface area (Å²) in [7, 11) is 5.02. The van der Waals surface area contributed by atoms with Crippen LogP contribution in [0.5, 0.6) is 0 Å². The van der Waals surface area contributed by atoms with Crippen LogP contribution in [0.3, 0.4) is 0 Å². The van der Waals surface area contributed by atoms with Crippen molar-refractivity contribution in [3.8, 4) is 11.4 Å². The summed E-state index contributed by atoms with van der Waals surface area (Å²) in [6.45, 7) is 4.15. The lowest BCUT2D eigenvalue weighted by atomic mass is 9.95. The van der Waals surface area contributed by atoms with Gasteiger partial charge in [-0.2, -0.15) is 0 Å². The van der Waals surface area contributed by atoms with Gasteiger partial charge in [0.15, 0.2) is 0 Å². The maximum Gasteiger partial charge on any atom is 0.309 e. The third-order valence-electron chi connectivity index (χ3n) is 6.34. The molecule has 2 N–H and O–H groups in total. The van der Waals surface area contributed by atoms with E-state index in [4.69, 9.17) is 14.5 Å². The van der Waals surface area contributed by atoms with Gasteiger partial charge in [-0.25, -0.2) is 4.98 Å². The van der Waals surface area contributed by atoms with Gasteiger partial charge in [-0.1, -0.05) is 6.07 Å². The van der Waals surface area contributed by atoms with Crippen LogP contribution in [0.4, 0.5) is 0 Å². The van der Waals surface area contributed by atoms with E-state index in [2.05, 4.69) is 4.57 Å². The van der Waals surface area contributed by atoms with Crippen LogP contribution in [-0.4, -0.2) is 63.8 Å². The number of hydrogen-bond donors (Lipinski definition) is 2. The Balaban J connectivity index is 2.03. The number of aliphatic hydroxyl groups is 1. The average Bonchev–Trinajstić information content (AvgIpc) is 3.18. The number of aliphatic carboxylic acids is 1. The lowest BCUT2D eigenvalue weighted by Gasteiger charge is -2.21. The first-order valence-electron chi connectivity index (χ1n) is 11.7. The monoisotopic (exact) mass is 485 g/mol. The summed E-state index contributed by atoms with van der Waals surface area (Å²) in [6.07, 6.45) is 2.60. The molecule has 0 saturated heterocycles. The molecule has 0 aliphatic rings. The molecular formula is C26H35N3O6. The highest BCUT2D eigenvalue weighted by atomic mass is 16.5. The second-order valence-electron chi connectivity index (χ2n) is 9.10. The summed E-state index contributed by atoms with van der Waals surface area (Å²) >= 11 is 0. The number of pyridine rings is 1. The third kappa shape index (κ3) is 5.98. The Morgan fingerprint density at radius 3 is 2.43 bits per heavy atom. The molecule has 0 saturated carbocycles. The molecule has 3 aromatic rings. The smallest absolute Gasteiger partial charge is 0.309 e. The molecule has 3 rings (SSSR count). The number of methoxy groups -OCH3 is 2. The van der Waals surface area contributed by atoms with Gasteiger partial charge in [-0.15, -0.1) is 0 Å². The normalized spacial score (nSPS) is 13.5. The van der Waals surface area contributed by atoms with E-state index in [1.807, 2.05) is 24.3 Å². The number of rotatable bonds is 12. The van der Waals surface area contributed by atoms with Crippen molar-refractivity contribution in [2.75, 3.05) is 27.4 Å². The van der Waals surface area contributed by atoms with Crippen molar-refractivity contribution in [2.45, 2.75) is 45.3 Å². The van der Waals surface area contributed by atoms with Crippen molar-refractivity contribution in [1.29, 1.82) is 0 Å². The van der Waals surface area contributed by atoms with Gasteiger partial charge in [0.2, 0.25) is 0 Å². The van der Waals surface area contributed by atoms with Crippen LogP contribution in [-0.2, 0) is 27.7 Å². The van der Waals surface area contributed by atoms with Crippen molar-refractivity contribution in [1.82, 2.24) is 14.1 Å². The minimum absolute atomic E-state index is 0.0547. The topological polar surface area (TPSA) is 116 Å². The molecule has 0 amide bonds. The molecule has 0 aliphatic heterocycles. The molecule has 0 spiro atoms. The van der Waals surface area contributed by atoms with Gasteiger partial charge in [0.05, 0.1) is 42.3 Å². The summed E-state index contributed by atoms with van der Waals surface area (Å²) in [5, 5.41) is 19.0. The Kier molecular flexibility index (Phi) is 8.82. The van der Waals surface area contributed by atoms with E-state index >= 15 is 0 Å². The lowest BCUT2D eigenvalue weighted by molar-refractivity contribution is -0.145. The Morgan fingerprint density at radius 2 is 1.86 bits per heavy atom. The molecule has 9 nitrogen and oxygen atoms in total. The average molecular weight is 486 g/mol. The van der Waals surface area contributed by atoms with Crippen molar-refractivity contribution in [3.63, 3.8) is 0 Å². The number of carboxylic acids is 1. The largest absolute Gasteiger partial charge is 0.481 e. The van der Waals surface area contributed by atoms with Gasteiger partial charge in [0.25, 0.3) is 5.56 Å². The van der Waals surface area contributed by atoms with Crippen LogP contribution in [0.1, 0.15) is 36.9 Å². The van der Waals surface area contributed by atoms with Crippen LogP contribution in [0.2, 0.25) is 0 Å². The SMILES string of the molecule is COCC(COC)n1c(-c2cc(C)c(=O)n(C)c2)nc2cc(CCC[C@H](C(=O)O)[C@@H](C)O)ccc21. The number of imidazole rings is 1. The van der Waals surface area contributed by atoms with Gasteiger partial charge in [0.1, 0.15) is 5.82 Å². The number of benzene rings is 1. The maximum atomic E-state index is 12.3. The van der Waals surface area contributed by atoms with Crippen LogP contribution in [0, 0.1) is 12.8 Å². The first kappa shape index (κ1) is 26.6. The summed E-state index contributed by atoms with van der Waals surface area (Å²) in [4.78, 5) is 28.6. The molecule has 0 bridgehead atoms. The van der Waals surface area contributed by atoms with E-state index in [1.165, 1.54) is 6.92 Å². The number of ether oxygens (including phenoxy) is 2. The standard InChI is InChI=1S/C26H35N3O6/c1-16-11-19(13-28(3)25(16)31)24-27-22-12-18(7-6-8-21(17(2)30)26(32)33)9-10-23(22)29(24)20(14-34-4)15-35-5/h9-13,17,20-21,30H,6-8,14-15H2,1-5H3,(H,32,33)/t17-,21+/m1/s1. The maximum absolute atomic E-state index is 12.3. The van der Waals surface area contributed by atoms with E-state index in [0.29, 0.717) is 38.0 Å². The van der Waals surface area contributed by atoms with Gasteiger partial charge in [0, 0.05) is 38.6 Å². The molecule has 0 radical (unpaired) electrons. The van der Waals surface area contributed by atoms with Crippen molar-refractivity contribution in [3.05, 3.63) is 51.9 Å². The summed E-state index contributed by atoms with van der Waals surface area (Å²) in [5.74, 6) is -1.04. The van der Waals surface area contributed by atoms with Crippen LogP contribution < -0.4 is 5.56 Å². The molecule has 190 valence electrons. The molecule has 0 fully saturated rings. The number of carbonyl (C=O) groups is 1. The van der Waals surface area contributed by atoms with E-state index in [-0.39, 0.29) is 11.6 Å². The zero-order valence-electron chi connectivity index (χ0n) is 21.0. The number of hydrogen-bond acceptors (Lipinski definition) is 6. The van der Waals surface area contributed by atoms with Crippen LogP contribution in [0.15, 0.2) is 35.3 Å². The molecule has 2 atom stereocenters. The Morgan fingerprint density at radius 1 is 1.17 bits per heavy atom. The zero-order chi connectivity index (χ0) is 25.7. The van der Waals surface area contributed by atoms with Gasteiger partial charge in [-0.3, -0.25) is 9.59 Å². The number of fused-ring (bicyclic) bond motifs is 1. The molecule has 1 aromatic carbocycles. The number of carboxylic acid groups (broad SMARTS) is 1. The number of aliphatic hydroxyl groups excluding tert-OH is 1. The molecule has 0 unspecified atom stereocenters. The fraction of sp³-hybridized carbons (Fsp3) is 0.500. The van der Waals surface area contributed by atoms with Gasteiger partial charge in [-0.05, 0) is 56.9 Å². The molecule has 9 heteroatoms. The number of aromatic nitrogens is 3. The summed E-state index contributed by atoms with van der Waals surface area (Å²) in [5.41, 5.74) is 4.15. The molecule has 35 heavy (non-hydrogen) atoms. The summed E-state index contributed by atoms with van der Waals surface area (Å²) < 4.78 is 14.6. The highest BCUT2D eigenvalue weighted by molar-refractivity contribution is 5.81. The fourth-order valence-electron chi connectivity index (χ4n) is 4.55. The van der Waals surface area contributed by atoms with Gasteiger partial charge < -0.3 is 28.8 Å². The second kappa shape index (κ2) is 11.6. The molecule has 2 aromatic heterocycles.